The topological polar surface area (TPSA) is 37.3 Å². The molecule has 0 spiro atoms. The molecule has 0 aromatic rings. The molecule has 1 saturated carbocycles. The van der Waals surface area contributed by atoms with E-state index in [1.54, 1.807) is 11.8 Å². The lowest BCUT2D eigenvalue weighted by Crippen LogP contribution is -2.23. The summed E-state index contributed by atoms with van der Waals surface area (Å²) in [5, 5.41) is 9.24. The first-order valence-corrected chi connectivity index (χ1v) is 4.94. The predicted molar refractivity (Wildman–Crippen MR) is 46.9 cm³/mol. The van der Waals surface area contributed by atoms with Crippen LogP contribution in [0.1, 0.15) is 26.7 Å². The molecule has 1 atom stereocenters. The van der Waals surface area contributed by atoms with Crippen molar-refractivity contribution in [1.82, 2.24) is 0 Å². The maximum Gasteiger partial charge on any atom is 0.316 e. The van der Waals surface area contributed by atoms with Crippen molar-refractivity contribution < 1.29 is 9.90 Å². The third-order valence-corrected chi connectivity index (χ3v) is 3.61. The van der Waals surface area contributed by atoms with Gasteiger partial charge in [-0.3, -0.25) is 4.79 Å². The van der Waals surface area contributed by atoms with Crippen LogP contribution in [0.5, 0.6) is 0 Å². The molecule has 11 heavy (non-hydrogen) atoms. The zero-order valence-electron chi connectivity index (χ0n) is 6.91. The third-order valence-electron chi connectivity index (χ3n) is 1.71. The van der Waals surface area contributed by atoms with Crippen LogP contribution in [0.4, 0.5) is 0 Å². The Kier molecular flexibility index (Phi) is 2.82. The average molecular weight is 174 g/mol. The van der Waals surface area contributed by atoms with Crippen molar-refractivity contribution in [3.63, 3.8) is 0 Å². The molecule has 1 fully saturated rings. The van der Waals surface area contributed by atoms with Crippen molar-refractivity contribution in [1.29, 1.82) is 0 Å². The first-order valence-electron chi connectivity index (χ1n) is 3.99. The molecule has 1 aliphatic rings. The van der Waals surface area contributed by atoms with Crippen LogP contribution in [-0.2, 0) is 4.79 Å². The monoisotopic (exact) mass is 174 g/mol. The standard InChI is InChI=1S/C8H14O2S/c1-5(2)7(8(9)10)11-6-3-4-6/h5-7H,3-4H2,1-2H3,(H,9,10). The maximum atomic E-state index is 10.7. The van der Waals surface area contributed by atoms with E-state index >= 15 is 0 Å². The molecule has 0 radical (unpaired) electrons. The molecule has 0 aromatic carbocycles. The van der Waals surface area contributed by atoms with Crippen LogP contribution in [0.2, 0.25) is 0 Å². The highest BCUT2D eigenvalue weighted by atomic mass is 32.2. The highest BCUT2D eigenvalue weighted by molar-refractivity contribution is 8.01. The molecule has 0 heterocycles. The Morgan fingerprint density at radius 2 is 2.09 bits per heavy atom. The Labute approximate surface area is 71.4 Å². The van der Waals surface area contributed by atoms with E-state index in [4.69, 9.17) is 5.11 Å². The summed E-state index contributed by atoms with van der Waals surface area (Å²) >= 11 is 1.63. The molecule has 1 rings (SSSR count). The van der Waals surface area contributed by atoms with Crippen LogP contribution in [0.25, 0.3) is 0 Å². The predicted octanol–water partition coefficient (Wildman–Crippen LogP) is 1.99. The first-order chi connectivity index (χ1) is 5.11. The van der Waals surface area contributed by atoms with E-state index in [-0.39, 0.29) is 11.2 Å². The average Bonchev–Trinajstić information content (AvgIpc) is 2.63. The van der Waals surface area contributed by atoms with Gasteiger partial charge in [-0.15, -0.1) is 11.8 Å². The fourth-order valence-corrected chi connectivity index (χ4v) is 2.17. The molecule has 2 nitrogen and oxygen atoms in total. The molecule has 0 bridgehead atoms. The summed E-state index contributed by atoms with van der Waals surface area (Å²) in [6.45, 7) is 3.93. The summed E-state index contributed by atoms with van der Waals surface area (Å²) in [5.41, 5.74) is 0. The van der Waals surface area contributed by atoms with Crippen LogP contribution in [0.3, 0.4) is 0 Å². The number of hydrogen-bond donors (Lipinski definition) is 1. The van der Waals surface area contributed by atoms with Crippen molar-refractivity contribution in [2.24, 2.45) is 5.92 Å². The highest BCUT2D eigenvalue weighted by Crippen LogP contribution is 2.38. The Morgan fingerprint density at radius 3 is 2.36 bits per heavy atom. The van der Waals surface area contributed by atoms with Crippen molar-refractivity contribution in [2.45, 2.75) is 37.2 Å². The SMILES string of the molecule is CC(C)C(SC1CC1)C(=O)O. The Morgan fingerprint density at radius 1 is 1.55 bits per heavy atom. The summed E-state index contributed by atoms with van der Waals surface area (Å²) in [6.07, 6.45) is 2.42. The zero-order valence-corrected chi connectivity index (χ0v) is 7.73. The molecule has 3 heteroatoms. The molecule has 0 aliphatic heterocycles. The first kappa shape index (κ1) is 8.91. The molecule has 64 valence electrons. The van der Waals surface area contributed by atoms with Crippen molar-refractivity contribution >= 4 is 17.7 Å². The van der Waals surface area contributed by atoms with Crippen LogP contribution in [-0.4, -0.2) is 21.6 Å². The summed E-state index contributed by atoms with van der Waals surface area (Å²) in [4.78, 5) is 10.7. The van der Waals surface area contributed by atoms with E-state index in [1.807, 2.05) is 13.8 Å². The number of carbonyl (C=O) groups is 1. The Bertz CT molecular complexity index is 152. The van der Waals surface area contributed by atoms with Crippen molar-refractivity contribution in [2.75, 3.05) is 0 Å². The second-order valence-electron chi connectivity index (χ2n) is 3.34. The largest absolute Gasteiger partial charge is 0.480 e. The van der Waals surface area contributed by atoms with E-state index in [1.165, 1.54) is 12.8 Å². The number of carboxylic acids is 1. The normalized spacial score (nSPS) is 20.3. The van der Waals surface area contributed by atoms with E-state index in [0.717, 1.165) is 0 Å². The fourth-order valence-electron chi connectivity index (χ4n) is 0.912. The van der Waals surface area contributed by atoms with Gasteiger partial charge in [-0.05, 0) is 18.8 Å². The van der Waals surface area contributed by atoms with Crippen LogP contribution >= 0.6 is 11.8 Å². The Balaban J connectivity index is 2.37. The lowest BCUT2D eigenvalue weighted by molar-refractivity contribution is -0.137. The number of hydrogen-bond acceptors (Lipinski definition) is 2. The summed E-state index contributed by atoms with van der Waals surface area (Å²) in [5.74, 6) is -0.407. The fraction of sp³-hybridized carbons (Fsp3) is 0.875. The summed E-state index contributed by atoms with van der Waals surface area (Å²) < 4.78 is 0. The molecular formula is C8H14O2S. The second kappa shape index (κ2) is 3.48. The molecule has 0 aromatic heterocycles. The van der Waals surface area contributed by atoms with Crippen molar-refractivity contribution in [3.05, 3.63) is 0 Å². The van der Waals surface area contributed by atoms with Crippen LogP contribution in [0.15, 0.2) is 0 Å². The molecule has 0 saturated heterocycles. The van der Waals surface area contributed by atoms with E-state index < -0.39 is 5.97 Å². The molecule has 1 unspecified atom stereocenters. The molecule has 0 amide bonds. The quantitative estimate of drug-likeness (QED) is 0.708. The van der Waals surface area contributed by atoms with Gasteiger partial charge in [-0.2, -0.15) is 0 Å². The number of rotatable bonds is 4. The van der Waals surface area contributed by atoms with Crippen LogP contribution in [0, 0.1) is 5.92 Å². The van der Waals surface area contributed by atoms with Crippen LogP contribution < -0.4 is 0 Å². The number of carboxylic acid groups (broad SMARTS) is 1. The van der Waals surface area contributed by atoms with Crippen molar-refractivity contribution in [3.8, 4) is 0 Å². The van der Waals surface area contributed by atoms with E-state index in [2.05, 4.69) is 0 Å². The van der Waals surface area contributed by atoms with E-state index in [0.29, 0.717) is 5.25 Å². The van der Waals surface area contributed by atoms with Gasteiger partial charge in [0.05, 0.1) is 0 Å². The van der Waals surface area contributed by atoms with Gasteiger partial charge < -0.3 is 5.11 Å². The van der Waals surface area contributed by atoms with E-state index in [9.17, 15) is 4.79 Å². The maximum absolute atomic E-state index is 10.7. The van der Waals surface area contributed by atoms with Gasteiger partial charge in [-0.1, -0.05) is 13.8 Å². The summed E-state index contributed by atoms with van der Waals surface area (Å²) in [6, 6.07) is 0. The van der Waals surface area contributed by atoms with Gasteiger partial charge in [0.1, 0.15) is 5.25 Å². The molecule has 1 N–H and O–H groups in total. The van der Waals surface area contributed by atoms with Gasteiger partial charge in [0, 0.05) is 5.25 Å². The van der Waals surface area contributed by atoms with Gasteiger partial charge in [-0.25, -0.2) is 0 Å². The third kappa shape index (κ3) is 2.73. The molecular weight excluding hydrogens is 160 g/mol. The Hall–Kier alpha value is -0.180. The zero-order chi connectivity index (χ0) is 8.43. The van der Waals surface area contributed by atoms with Gasteiger partial charge in [0.2, 0.25) is 0 Å². The van der Waals surface area contributed by atoms with Gasteiger partial charge in [0.25, 0.3) is 0 Å². The lowest BCUT2D eigenvalue weighted by Gasteiger charge is -2.14. The second-order valence-corrected chi connectivity index (χ2v) is 4.78. The van der Waals surface area contributed by atoms with Gasteiger partial charge in [0.15, 0.2) is 0 Å². The number of aliphatic carboxylic acids is 1. The molecule has 1 aliphatic carbocycles. The minimum Gasteiger partial charge on any atom is -0.480 e. The summed E-state index contributed by atoms with van der Waals surface area (Å²) in [7, 11) is 0. The minimum atomic E-state index is -0.656. The highest BCUT2D eigenvalue weighted by Gasteiger charge is 2.31. The smallest absolute Gasteiger partial charge is 0.316 e. The number of thioether (sulfide) groups is 1. The van der Waals surface area contributed by atoms with Gasteiger partial charge >= 0.3 is 5.97 Å². The minimum absolute atomic E-state index is 0.192. The lowest BCUT2D eigenvalue weighted by atomic mass is 10.1.